The lowest BCUT2D eigenvalue weighted by Crippen LogP contribution is -2.34. The molecule has 0 bridgehead atoms. The zero-order chi connectivity index (χ0) is 13.7. The van der Waals surface area contributed by atoms with E-state index in [-0.39, 0.29) is 12.1 Å². The van der Waals surface area contributed by atoms with Crippen LogP contribution in [0.3, 0.4) is 0 Å². The number of rotatable bonds is 5. The highest BCUT2D eigenvalue weighted by molar-refractivity contribution is 5.18. The normalized spacial score (nSPS) is 21.3. The Balaban J connectivity index is 1.92. The number of ether oxygens (including phenoxy) is 1. The molecule has 1 aromatic rings. The predicted octanol–water partition coefficient (Wildman–Crippen LogP) is 3.05. The summed E-state index contributed by atoms with van der Waals surface area (Å²) in [4.78, 5) is 0. The molecule has 2 rings (SSSR count). The molecule has 0 amide bonds. The van der Waals surface area contributed by atoms with Gasteiger partial charge in [-0.25, -0.2) is 8.78 Å². The molecule has 0 spiro atoms. The first-order valence-electron chi connectivity index (χ1n) is 6.92. The Hall–Kier alpha value is -1.00. The first-order chi connectivity index (χ1) is 9.19. The van der Waals surface area contributed by atoms with E-state index in [4.69, 9.17) is 4.74 Å². The van der Waals surface area contributed by atoms with Crippen LogP contribution in [0.4, 0.5) is 8.78 Å². The van der Waals surface area contributed by atoms with Gasteiger partial charge in [0.25, 0.3) is 0 Å². The molecule has 2 nitrogen and oxygen atoms in total. The van der Waals surface area contributed by atoms with Crippen LogP contribution in [0, 0.1) is 11.6 Å². The minimum atomic E-state index is -0.791. The summed E-state index contributed by atoms with van der Waals surface area (Å²) in [7, 11) is 1.90. The van der Waals surface area contributed by atoms with E-state index in [1.54, 1.807) is 6.07 Å². The van der Waals surface area contributed by atoms with Crippen molar-refractivity contribution in [1.82, 2.24) is 5.32 Å². The van der Waals surface area contributed by atoms with Crippen molar-refractivity contribution in [2.45, 2.75) is 44.2 Å². The monoisotopic (exact) mass is 269 g/mol. The summed E-state index contributed by atoms with van der Waals surface area (Å²) in [6.07, 6.45) is 5.34. The highest BCUT2D eigenvalue weighted by atomic mass is 19.2. The van der Waals surface area contributed by atoms with Crippen LogP contribution in [0.25, 0.3) is 0 Å². The van der Waals surface area contributed by atoms with Gasteiger partial charge >= 0.3 is 0 Å². The second-order valence-corrected chi connectivity index (χ2v) is 5.16. The summed E-state index contributed by atoms with van der Waals surface area (Å²) >= 11 is 0. The molecule has 1 N–H and O–H groups in total. The van der Waals surface area contributed by atoms with Crippen LogP contribution in [0.15, 0.2) is 18.2 Å². The molecule has 0 aliphatic carbocycles. The molecule has 1 aliphatic rings. The van der Waals surface area contributed by atoms with Crippen molar-refractivity contribution >= 4 is 0 Å². The molecule has 0 saturated carbocycles. The maximum atomic E-state index is 13.2. The van der Waals surface area contributed by atoms with Crippen molar-refractivity contribution in [2.24, 2.45) is 0 Å². The highest BCUT2D eigenvalue weighted by Gasteiger charge is 2.19. The van der Waals surface area contributed by atoms with Crippen molar-refractivity contribution in [3.8, 4) is 0 Å². The lowest BCUT2D eigenvalue weighted by atomic mass is 9.97. The standard InChI is InChI=1S/C15H21F2NO/c1-18-12(10-13-4-2-3-7-19-13)8-11-5-6-14(16)15(17)9-11/h5-6,9,12-13,18H,2-4,7-8,10H2,1H3. The third kappa shape index (κ3) is 4.25. The van der Waals surface area contributed by atoms with Crippen LogP contribution in [0.5, 0.6) is 0 Å². The summed E-state index contributed by atoms with van der Waals surface area (Å²) in [6.45, 7) is 0.840. The summed E-state index contributed by atoms with van der Waals surface area (Å²) < 4.78 is 31.8. The van der Waals surface area contributed by atoms with Gasteiger partial charge in [0.05, 0.1) is 6.10 Å². The Bertz CT molecular complexity index is 405. The first kappa shape index (κ1) is 14.4. The molecule has 106 valence electrons. The SMILES string of the molecule is CNC(Cc1ccc(F)c(F)c1)CC1CCCCO1. The molecule has 4 heteroatoms. The Morgan fingerprint density at radius 3 is 2.79 bits per heavy atom. The third-order valence-electron chi connectivity index (χ3n) is 3.70. The number of likely N-dealkylation sites (N-methyl/N-ethyl adjacent to an activating group) is 1. The topological polar surface area (TPSA) is 21.3 Å². The fourth-order valence-corrected chi connectivity index (χ4v) is 2.57. The van der Waals surface area contributed by atoms with Crippen molar-refractivity contribution < 1.29 is 13.5 Å². The van der Waals surface area contributed by atoms with Gasteiger partial charge in [-0.15, -0.1) is 0 Å². The fourth-order valence-electron chi connectivity index (χ4n) is 2.57. The van der Waals surface area contributed by atoms with E-state index in [9.17, 15) is 8.78 Å². The zero-order valence-electron chi connectivity index (χ0n) is 11.3. The quantitative estimate of drug-likeness (QED) is 0.887. The summed E-state index contributed by atoms with van der Waals surface area (Å²) in [5.74, 6) is -1.57. The van der Waals surface area contributed by atoms with Gasteiger partial charge in [-0.3, -0.25) is 0 Å². The zero-order valence-corrected chi connectivity index (χ0v) is 11.3. The van der Waals surface area contributed by atoms with Crippen LogP contribution in [0.2, 0.25) is 0 Å². The Labute approximate surface area is 113 Å². The average Bonchev–Trinajstić information content (AvgIpc) is 2.43. The molecule has 1 aliphatic heterocycles. The van der Waals surface area contributed by atoms with Gasteiger partial charge in [-0.1, -0.05) is 6.07 Å². The van der Waals surface area contributed by atoms with Crippen molar-refractivity contribution in [1.29, 1.82) is 0 Å². The first-order valence-corrected chi connectivity index (χ1v) is 6.92. The molecule has 1 fully saturated rings. The molecule has 2 unspecified atom stereocenters. The van der Waals surface area contributed by atoms with Crippen LogP contribution in [-0.4, -0.2) is 25.8 Å². The highest BCUT2D eigenvalue weighted by Crippen LogP contribution is 2.19. The van der Waals surface area contributed by atoms with E-state index in [1.807, 2.05) is 7.05 Å². The summed E-state index contributed by atoms with van der Waals surface area (Å²) in [5, 5.41) is 3.24. The molecule has 1 saturated heterocycles. The Morgan fingerprint density at radius 1 is 1.32 bits per heavy atom. The smallest absolute Gasteiger partial charge is 0.159 e. The van der Waals surface area contributed by atoms with E-state index in [0.29, 0.717) is 6.42 Å². The number of halogens is 2. The Morgan fingerprint density at radius 2 is 2.16 bits per heavy atom. The lowest BCUT2D eigenvalue weighted by molar-refractivity contribution is 0.00568. The third-order valence-corrected chi connectivity index (χ3v) is 3.70. The molecule has 19 heavy (non-hydrogen) atoms. The summed E-state index contributed by atoms with van der Waals surface area (Å²) in [5.41, 5.74) is 0.814. The molecule has 2 atom stereocenters. The predicted molar refractivity (Wildman–Crippen MR) is 71.1 cm³/mol. The number of benzene rings is 1. The largest absolute Gasteiger partial charge is 0.378 e. The summed E-state index contributed by atoms with van der Waals surface area (Å²) in [6, 6.07) is 4.34. The maximum Gasteiger partial charge on any atom is 0.159 e. The van der Waals surface area contributed by atoms with Crippen molar-refractivity contribution in [2.75, 3.05) is 13.7 Å². The van der Waals surface area contributed by atoms with Gasteiger partial charge in [-0.05, 0) is 56.8 Å². The van der Waals surface area contributed by atoms with Gasteiger partial charge in [0, 0.05) is 12.6 Å². The van der Waals surface area contributed by atoms with E-state index in [2.05, 4.69) is 5.32 Å². The second kappa shape index (κ2) is 6.96. The fraction of sp³-hybridized carbons (Fsp3) is 0.600. The number of hydrogen-bond donors (Lipinski definition) is 1. The average molecular weight is 269 g/mol. The van der Waals surface area contributed by atoms with Gasteiger partial charge in [-0.2, -0.15) is 0 Å². The molecule has 0 aromatic heterocycles. The van der Waals surface area contributed by atoms with E-state index >= 15 is 0 Å². The van der Waals surface area contributed by atoms with Crippen molar-refractivity contribution in [3.05, 3.63) is 35.4 Å². The molecule has 1 aromatic carbocycles. The van der Waals surface area contributed by atoms with Gasteiger partial charge < -0.3 is 10.1 Å². The lowest BCUT2D eigenvalue weighted by Gasteiger charge is -2.27. The second-order valence-electron chi connectivity index (χ2n) is 5.16. The van der Waals surface area contributed by atoms with Crippen LogP contribution >= 0.6 is 0 Å². The van der Waals surface area contributed by atoms with Crippen LogP contribution < -0.4 is 5.32 Å². The maximum absolute atomic E-state index is 13.2. The molecule has 0 radical (unpaired) electrons. The van der Waals surface area contributed by atoms with Gasteiger partial charge in [0.2, 0.25) is 0 Å². The van der Waals surface area contributed by atoms with E-state index < -0.39 is 11.6 Å². The van der Waals surface area contributed by atoms with Gasteiger partial charge in [0.15, 0.2) is 11.6 Å². The molecular weight excluding hydrogens is 248 g/mol. The molecular formula is C15H21F2NO. The number of nitrogens with one attached hydrogen (secondary N) is 1. The number of hydrogen-bond acceptors (Lipinski definition) is 2. The minimum Gasteiger partial charge on any atom is -0.378 e. The minimum absolute atomic E-state index is 0.230. The van der Waals surface area contributed by atoms with E-state index in [1.165, 1.54) is 18.6 Å². The van der Waals surface area contributed by atoms with Crippen molar-refractivity contribution in [3.63, 3.8) is 0 Å². The van der Waals surface area contributed by atoms with Gasteiger partial charge in [0.1, 0.15) is 0 Å². The molecule has 1 heterocycles. The van der Waals surface area contributed by atoms with Crippen LogP contribution in [0.1, 0.15) is 31.2 Å². The Kier molecular flexibility index (Phi) is 5.28. The van der Waals surface area contributed by atoms with E-state index in [0.717, 1.165) is 31.4 Å². The van der Waals surface area contributed by atoms with Crippen LogP contribution in [-0.2, 0) is 11.2 Å².